The second kappa shape index (κ2) is 8.99. The predicted octanol–water partition coefficient (Wildman–Crippen LogP) is 3.80. The Kier molecular flexibility index (Phi) is 6.13. The number of ether oxygens (including phenoxy) is 1. The molecule has 3 aromatic rings. The Balaban J connectivity index is 1.49. The maximum Gasteiger partial charge on any atom is 0.573 e. The van der Waals surface area contributed by atoms with Crippen molar-refractivity contribution in [3.8, 4) is 16.9 Å². The molecule has 1 N–H and O–H groups in total. The van der Waals surface area contributed by atoms with E-state index in [0.717, 1.165) is 35.6 Å². The molecule has 0 spiro atoms. The van der Waals surface area contributed by atoms with Gasteiger partial charge < -0.3 is 19.9 Å². The maximum atomic E-state index is 12.3. The van der Waals surface area contributed by atoms with E-state index >= 15 is 0 Å². The second-order valence-electron chi connectivity index (χ2n) is 7.79. The fourth-order valence-electron chi connectivity index (χ4n) is 3.43. The largest absolute Gasteiger partial charge is 0.573 e. The van der Waals surface area contributed by atoms with Gasteiger partial charge in [0.05, 0.1) is 0 Å². The van der Waals surface area contributed by atoms with Crippen LogP contribution in [-0.4, -0.2) is 59.4 Å². The Hall–Kier alpha value is -3.40. The molecule has 4 rings (SSSR count). The van der Waals surface area contributed by atoms with Gasteiger partial charge in [0.25, 0.3) is 0 Å². The topological polar surface area (TPSA) is 66.4 Å². The summed E-state index contributed by atoms with van der Waals surface area (Å²) in [5.41, 5.74) is 3.41. The first-order chi connectivity index (χ1) is 15.3. The molecule has 0 atom stereocenters. The minimum Gasteiger partial charge on any atom is -0.406 e. The lowest BCUT2D eigenvalue weighted by Crippen LogP contribution is -2.57. The van der Waals surface area contributed by atoms with Crippen molar-refractivity contribution in [2.75, 3.05) is 37.4 Å². The van der Waals surface area contributed by atoms with E-state index in [1.165, 1.54) is 30.6 Å². The monoisotopic (exact) mass is 444 g/mol. The molecule has 3 heterocycles. The van der Waals surface area contributed by atoms with E-state index in [4.69, 9.17) is 4.98 Å². The van der Waals surface area contributed by atoms with Crippen LogP contribution in [-0.2, 0) is 6.54 Å². The summed E-state index contributed by atoms with van der Waals surface area (Å²) in [5, 5.41) is 3.20. The van der Waals surface area contributed by atoms with Gasteiger partial charge in [-0.1, -0.05) is 0 Å². The molecule has 1 fully saturated rings. The van der Waals surface area contributed by atoms with Crippen LogP contribution in [0.5, 0.6) is 5.75 Å². The number of alkyl halides is 3. The van der Waals surface area contributed by atoms with E-state index in [1.807, 2.05) is 6.07 Å². The Bertz CT molecular complexity index is 1040. The molecule has 168 valence electrons. The summed E-state index contributed by atoms with van der Waals surface area (Å²) in [6, 6.07) is 8.15. The first kappa shape index (κ1) is 21.8. The fourth-order valence-corrected chi connectivity index (χ4v) is 3.43. The molecule has 0 amide bonds. The zero-order valence-electron chi connectivity index (χ0n) is 17.7. The minimum atomic E-state index is -4.71. The molecule has 10 heteroatoms. The van der Waals surface area contributed by atoms with E-state index in [1.54, 1.807) is 18.6 Å². The normalized spacial score (nSPS) is 14.4. The molecule has 0 radical (unpaired) electrons. The molecule has 0 bridgehead atoms. The van der Waals surface area contributed by atoms with Gasteiger partial charge in [0.15, 0.2) is 0 Å². The van der Waals surface area contributed by atoms with Crippen LogP contribution in [0.15, 0.2) is 55.2 Å². The first-order valence-electron chi connectivity index (χ1n) is 10.0. The van der Waals surface area contributed by atoms with Crippen molar-refractivity contribution >= 4 is 11.5 Å². The zero-order valence-corrected chi connectivity index (χ0v) is 17.7. The highest BCUT2D eigenvalue weighted by molar-refractivity contribution is 5.76. The third-order valence-corrected chi connectivity index (χ3v) is 5.27. The van der Waals surface area contributed by atoms with Crippen LogP contribution in [0.3, 0.4) is 0 Å². The fraction of sp³-hybridized carbons (Fsp3) is 0.318. The van der Waals surface area contributed by atoms with Crippen molar-refractivity contribution in [1.29, 1.82) is 0 Å². The van der Waals surface area contributed by atoms with Gasteiger partial charge in [-0.05, 0) is 50.0 Å². The van der Waals surface area contributed by atoms with Crippen molar-refractivity contribution in [1.82, 2.24) is 19.9 Å². The SMILES string of the molecule is CN(C)C1CN(c2ncc(CNc3ccc(OC(F)(F)F)cc3)cc2-c2cncnc2)C1. The molecular formula is C22H23F3N6O. The van der Waals surface area contributed by atoms with Crippen LogP contribution >= 0.6 is 0 Å². The van der Waals surface area contributed by atoms with Gasteiger partial charge >= 0.3 is 6.36 Å². The maximum absolute atomic E-state index is 12.3. The number of hydrogen-bond acceptors (Lipinski definition) is 7. The third kappa shape index (κ3) is 5.25. The number of halogens is 3. The molecule has 7 nitrogen and oxygen atoms in total. The minimum absolute atomic E-state index is 0.258. The Morgan fingerprint density at radius 3 is 2.41 bits per heavy atom. The summed E-state index contributed by atoms with van der Waals surface area (Å²) < 4.78 is 40.8. The molecule has 1 saturated heterocycles. The molecule has 0 unspecified atom stereocenters. The van der Waals surface area contributed by atoms with E-state index in [2.05, 4.69) is 43.9 Å². The van der Waals surface area contributed by atoms with Crippen LogP contribution < -0.4 is 15.0 Å². The van der Waals surface area contributed by atoms with E-state index in [9.17, 15) is 13.2 Å². The average molecular weight is 444 g/mol. The quantitative estimate of drug-likeness (QED) is 0.595. The summed E-state index contributed by atoms with van der Waals surface area (Å²) >= 11 is 0. The zero-order chi connectivity index (χ0) is 22.7. The Labute approximate surface area is 183 Å². The van der Waals surface area contributed by atoms with Crippen molar-refractivity contribution < 1.29 is 17.9 Å². The first-order valence-corrected chi connectivity index (χ1v) is 10.0. The smallest absolute Gasteiger partial charge is 0.406 e. The third-order valence-electron chi connectivity index (χ3n) is 5.27. The van der Waals surface area contributed by atoms with Crippen molar-refractivity contribution in [3.63, 3.8) is 0 Å². The average Bonchev–Trinajstić information content (AvgIpc) is 2.72. The lowest BCUT2D eigenvalue weighted by molar-refractivity contribution is -0.274. The molecule has 1 aliphatic rings. The number of aromatic nitrogens is 3. The molecule has 2 aromatic heterocycles. The number of anilines is 2. The summed E-state index contributed by atoms with van der Waals surface area (Å²) in [5.74, 6) is 0.626. The molecule has 32 heavy (non-hydrogen) atoms. The Morgan fingerprint density at radius 1 is 1.09 bits per heavy atom. The number of hydrogen-bond donors (Lipinski definition) is 1. The number of likely N-dealkylation sites (N-methyl/N-ethyl adjacent to an activating group) is 1. The van der Waals surface area contributed by atoms with Gasteiger partial charge in [-0.3, -0.25) is 0 Å². The number of nitrogens with one attached hydrogen (secondary N) is 1. The van der Waals surface area contributed by atoms with Crippen molar-refractivity contribution in [2.24, 2.45) is 0 Å². The van der Waals surface area contributed by atoms with Crippen molar-refractivity contribution in [2.45, 2.75) is 18.9 Å². The van der Waals surface area contributed by atoms with Gasteiger partial charge in [0.1, 0.15) is 17.9 Å². The summed E-state index contributed by atoms with van der Waals surface area (Å²) in [4.78, 5) is 17.4. The van der Waals surface area contributed by atoms with E-state index in [-0.39, 0.29) is 5.75 Å². The number of rotatable bonds is 7. The lowest BCUT2D eigenvalue weighted by atomic mass is 10.0. The van der Waals surface area contributed by atoms with E-state index in [0.29, 0.717) is 18.3 Å². The number of nitrogens with zero attached hydrogens (tertiary/aromatic N) is 5. The van der Waals surface area contributed by atoms with Crippen molar-refractivity contribution in [3.05, 3.63) is 60.8 Å². The van der Waals surface area contributed by atoms with Crippen LogP contribution in [0.2, 0.25) is 0 Å². The van der Waals surface area contributed by atoms with Crippen LogP contribution in [0.4, 0.5) is 24.7 Å². The van der Waals surface area contributed by atoms with Crippen LogP contribution in [0.25, 0.3) is 11.1 Å². The van der Waals surface area contributed by atoms with Gasteiger partial charge in [-0.2, -0.15) is 0 Å². The highest BCUT2D eigenvalue weighted by atomic mass is 19.4. The van der Waals surface area contributed by atoms with Gasteiger partial charge in [-0.25, -0.2) is 15.0 Å². The summed E-state index contributed by atoms with van der Waals surface area (Å²) in [6.07, 6.45) is 2.10. The predicted molar refractivity (Wildman–Crippen MR) is 115 cm³/mol. The van der Waals surface area contributed by atoms with Gasteiger partial charge in [0, 0.05) is 61.1 Å². The molecule has 0 saturated carbocycles. The Morgan fingerprint density at radius 2 is 1.78 bits per heavy atom. The molecule has 1 aromatic carbocycles. The van der Waals surface area contributed by atoms with Crippen LogP contribution in [0, 0.1) is 0 Å². The van der Waals surface area contributed by atoms with Gasteiger partial charge in [-0.15, -0.1) is 13.2 Å². The highest BCUT2D eigenvalue weighted by Crippen LogP contribution is 2.32. The molecular weight excluding hydrogens is 421 g/mol. The second-order valence-corrected chi connectivity index (χ2v) is 7.79. The molecule has 1 aliphatic heterocycles. The summed E-state index contributed by atoms with van der Waals surface area (Å²) in [7, 11) is 4.13. The molecule has 0 aliphatic carbocycles. The summed E-state index contributed by atoms with van der Waals surface area (Å²) in [6.45, 7) is 2.24. The van der Waals surface area contributed by atoms with E-state index < -0.39 is 6.36 Å². The van der Waals surface area contributed by atoms with Crippen LogP contribution in [0.1, 0.15) is 5.56 Å². The lowest BCUT2D eigenvalue weighted by Gasteiger charge is -2.44. The van der Waals surface area contributed by atoms with Gasteiger partial charge in [0.2, 0.25) is 0 Å². The number of pyridine rings is 1. The number of benzene rings is 1. The standard InChI is InChI=1S/C22H23F3N6O/c1-30(2)18-12-31(13-18)21-20(16-10-26-14-27-11-16)7-15(9-29-21)8-28-17-3-5-19(6-4-17)32-22(23,24)25/h3-7,9-11,14,18,28H,8,12-13H2,1-2H3. The highest BCUT2D eigenvalue weighted by Gasteiger charge is 2.31.